The van der Waals surface area contributed by atoms with Gasteiger partial charge in [-0.05, 0) is 94.7 Å². The summed E-state index contributed by atoms with van der Waals surface area (Å²) in [5.74, 6) is 0.200. The molecule has 2 aromatic heterocycles. The normalized spacial score (nSPS) is 14.5. The Morgan fingerprint density at radius 1 is 0.797 bits per heavy atom. The first-order chi connectivity index (χ1) is 28.4. The number of hydrogen-bond acceptors (Lipinski definition) is 11. The Hall–Kier alpha value is -3.79. The number of nitrogens with zero attached hydrogens (tertiary/aromatic N) is 4. The van der Waals surface area contributed by atoms with E-state index in [4.69, 9.17) is 36.0 Å². The summed E-state index contributed by atoms with van der Waals surface area (Å²) in [6, 6.07) is 13.6. The molecule has 326 valence electrons. The van der Waals surface area contributed by atoms with Crippen molar-refractivity contribution in [1.29, 1.82) is 0 Å². The second-order valence-electron chi connectivity index (χ2n) is 15.3. The molecule has 2 saturated heterocycles. The number of methoxy groups -OCH3 is 1. The van der Waals surface area contributed by atoms with Crippen LogP contribution in [0, 0.1) is 0 Å². The average Bonchev–Trinajstić information content (AvgIpc) is 3.93. The molecule has 2 aliphatic heterocycles. The third-order valence-corrected chi connectivity index (χ3v) is 11.2. The van der Waals surface area contributed by atoms with Crippen LogP contribution in [0.3, 0.4) is 0 Å². The van der Waals surface area contributed by atoms with Crippen molar-refractivity contribution in [1.82, 2.24) is 19.8 Å². The van der Waals surface area contributed by atoms with Gasteiger partial charge in [0.2, 0.25) is 5.88 Å². The number of unbranched alkanes of at least 4 members (excludes halogenated alkanes) is 9. The van der Waals surface area contributed by atoms with Crippen LogP contribution < -0.4 is 10.1 Å². The number of fused-ring (bicyclic) bond motifs is 2. The number of halogens is 1. The van der Waals surface area contributed by atoms with Gasteiger partial charge in [0.15, 0.2) is 0 Å². The Labute approximate surface area is 355 Å². The Morgan fingerprint density at radius 3 is 1.85 bits per heavy atom. The first kappa shape index (κ1) is 47.9. The van der Waals surface area contributed by atoms with Crippen LogP contribution in [0.15, 0.2) is 42.5 Å². The lowest BCUT2D eigenvalue weighted by Crippen LogP contribution is -2.20. The molecule has 15 heteroatoms. The van der Waals surface area contributed by atoms with Gasteiger partial charge in [0.1, 0.15) is 11.3 Å². The number of aliphatic carboxylic acids is 1. The van der Waals surface area contributed by atoms with Gasteiger partial charge in [-0.1, -0.05) is 83.2 Å². The number of carbonyl (C=O) groups is 1. The summed E-state index contributed by atoms with van der Waals surface area (Å²) >= 11 is 6.32. The van der Waals surface area contributed by atoms with Gasteiger partial charge in [0.05, 0.1) is 30.4 Å². The molecule has 0 bridgehead atoms. The first-order valence-corrected chi connectivity index (χ1v) is 23.0. The molecule has 59 heavy (non-hydrogen) atoms. The van der Waals surface area contributed by atoms with E-state index in [1.54, 1.807) is 14.0 Å². The van der Waals surface area contributed by atoms with E-state index in [1.807, 2.05) is 30.3 Å². The predicted molar refractivity (Wildman–Crippen MR) is 236 cm³/mol. The molecule has 13 nitrogen and oxygen atoms in total. The molecule has 4 N–H and O–H groups in total. The van der Waals surface area contributed by atoms with Crippen LogP contribution in [-0.2, 0) is 32.5 Å². The highest BCUT2D eigenvalue weighted by atomic mass is 35.5. The van der Waals surface area contributed by atoms with E-state index in [0.717, 1.165) is 96.5 Å². The molecule has 2 aromatic carbocycles. The second kappa shape index (κ2) is 25.1. The van der Waals surface area contributed by atoms with Crippen molar-refractivity contribution in [2.45, 2.75) is 123 Å². The van der Waals surface area contributed by atoms with Gasteiger partial charge in [0, 0.05) is 52.8 Å². The summed E-state index contributed by atoms with van der Waals surface area (Å²) in [4.78, 5) is 23.8. The van der Waals surface area contributed by atoms with Crippen LogP contribution in [0.4, 0.5) is 11.4 Å². The van der Waals surface area contributed by atoms with Crippen molar-refractivity contribution in [3.05, 3.63) is 58.6 Å². The fourth-order valence-corrected chi connectivity index (χ4v) is 7.84. The first-order valence-electron chi connectivity index (χ1n) is 21.2. The number of phenolic OH excluding ortho intramolecular Hbond substituents is 1. The fourth-order valence-electron chi connectivity index (χ4n) is 7.35. The van der Waals surface area contributed by atoms with Gasteiger partial charge in [-0.2, -0.15) is 8.42 Å². The molecule has 0 atom stereocenters. The Balaban J connectivity index is 0.000000293. The Kier molecular flexibility index (Phi) is 20.4. The third kappa shape index (κ3) is 16.6. The lowest BCUT2D eigenvalue weighted by atomic mass is 10.0. The lowest BCUT2D eigenvalue weighted by Gasteiger charge is -2.22. The van der Waals surface area contributed by atoms with Crippen LogP contribution in [0.5, 0.6) is 11.6 Å². The van der Waals surface area contributed by atoms with Gasteiger partial charge in [0.25, 0.3) is 0 Å². The van der Waals surface area contributed by atoms with E-state index < -0.39 is 16.4 Å². The molecule has 4 aromatic rings. The molecule has 0 radical (unpaired) electrons. The van der Waals surface area contributed by atoms with E-state index in [-0.39, 0.29) is 13.0 Å². The van der Waals surface area contributed by atoms with Gasteiger partial charge in [-0.3, -0.25) is 19.1 Å². The number of nitrogens with one attached hydrogen (secondary N) is 1. The number of anilines is 2. The van der Waals surface area contributed by atoms with Crippen molar-refractivity contribution in [3.8, 4) is 11.6 Å². The molecule has 0 saturated carbocycles. The van der Waals surface area contributed by atoms with Gasteiger partial charge >= 0.3 is 16.4 Å². The molecule has 2 aliphatic rings. The minimum absolute atomic E-state index is 0.0926. The third-order valence-electron chi connectivity index (χ3n) is 10.5. The van der Waals surface area contributed by atoms with Crippen LogP contribution in [0.1, 0.15) is 121 Å². The highest BCUT2D eigenvalue weighted by molar-refractivity contribution is 7.80. The highest BCUT2D eigenvalue weighted by Crippen LogP contribution is 2.37. The van der Waals surface area contributed by atoms with Crippen molar-refractivity contribution < 1.29 is 36.9 Å². The van der Waals surface area contributed by atoms with E-state index in [2.05, 4.69) is 38.4 Å². The molecule has 4 heterocycles. The molecule has 0 amide bonds. The molecule has 0 spiro atoms. The van der Waals surface area contributed by atoms with Crippen molar-refractivity contribution >= 4 is 61.3 Å². The standard InChI is InChI=1S/C29H32ClN5O2.C12H26O4S.C3H6O2/c1-37-26-9-8-24-28(33-26)27(23-7-6-21(30)16-25(23)32-24)31-22-14-19(17-34-10-2-3-11-34)29(36)20(15-22)18-35-12-4-5-13-35;1-2-3-4-5-6-7-8-9-10-11-12-16-17(13,14)15;1-2-3(4)5/h6-9,14-16,36H,2-5,10-13,17-18H2,1H3,(H,31,32);2-12H2,1H3,(H,13,14,15);2H2,1H3,(H,4,5). The second-order valence-corrected chi connectivity index (χ2v) is 16.8. The zero-order valence-corrected chi connectivity index (χ0v) is 36.6. The fraction of sp³-hybridized carbons (Fsp3) is 0.568. The number of phenols is 1. The van der Waals surface area contributed by atoms with E-state index in [0.29, 0.717) is 23.1 Å². The number of aromatic nitrogens is 2. The highest BCUT2D eigenvalue weighted by Gasteiger charge is 2.21. The maximum absolute atomic E-state index is 11.3. The van der Waals surface area contributed by atoms with Crippen LogP contribution >= 0.6 is 11.6 Å². The lowest BCUT2D eigenvalue weighted by molar-refractivity contribution is -0.136. The summed E-state index contributed by atoms with van der Waals surface area (Å²) in [5, 5.41) is 24.3. The quantitative estimate of drug-likeness (QED) is 0.0286. The number of benzene rings is 2. The number of carboxylic acids is 1. The zero-order chi connectivity index (χ0) is 42.6. The maximum atomic E-state index is 11.3. The number of ether oxygens (including phenoxy) is 1. The maximum Gasteiger partial charge on any atom is 0.397 e. The van der Waals surface area contributed by atoms with Crippen molar-refractivity contribution in [2.75, 3.05) is 45.2 Å². The molecule has 2 fully saturated rings. The Morgan fingerprint density at radius 2 is 1.34 bits per heavy atom. The topological polar surface area (TPSA) is 175 Å². The van der Waals surface area contributed by atoms with E-state index >= 15 is 0 Å². The van der Waals surface area contributed by atoms with Crippen LogP contribution in [-0.4, -0.2) is 88.8 Å². The number of pyridine rings is 2. The van der Waals surface area contributed by atoms with Crippen LogP contribution in [0.2, 0.25) is 5.02 Å². The monoisotopic (exact) mass is 857 g/mol. The van der Waals surface area contributed by atoms with E-state index in [9.17, 15) is 18.3 Å². The minimum Gasteiger partial charge on any atom is -0.507 e. The molecule has 0 aliphatic carbocycles. The van der Waals surface area contributed by atoms with Crippen molar-refractivity contribution in [2.24, 2.45) is 0 Å². The molecular formula is C44H64ClN5O8S. The smallest absolute Gasteiger partial charge is 0.397 e. The average molecular weight is 859 g/mol. The zero-order valence-electron chi connectivity index (χ0n) is 35.1. The summed E-state index contributed by atoms with van der Waals surface area (Å²) in [6.45, 7) is 9.69. The number of hydrogen-bond donors (Lipinski definition) is 4. The van der Waals surface area contributed by atoms with Gasteiger partial charge < -0.3 is 20.3 Å². The summed E-state index contributed by atoms with van der Waals surface area (Å²) < 4.78 is 38.4. The largest absolute Gasteiger partial charge is 0.507 e. The number of aromatic hydroxyl groups is 1. The molecule has 0 unspecified atom stereocenters. The Bertz CT molecular complexity index is 1980. The van der Waals surface area contributed by atoms with E-state index in [1.165, 1.54) is 70.6 Å². The summed E-state index contributed by atoms with van der Waals surface area (Å²) in [5.41, 5.74) is 5.96. The number of carboxylic acid groups (broad SMARTS) is 1. The van der Waals surface area contributed by atoms with Crippen molar-refractivity contribution in [3.63, 3.8) is 0 Å². The minimum atomic E-state index is -4.23. The van der Waals surface area contributed by atoms with Crippen LogP contribution in [0.25, 0.3) is 21.9 Å². The number of likely N-dealkylation sites (tertiary alicyclic amines) is 2. The van der Waals surface area contributed by atoms with Gasteiger partial charge in [-0.15, -0.1) is 0 Å². The number of rotatable bonds is 20. The van der Waals surface area contributed by atoms with Gasteiger partial charge in [-0.25, -0.2) is 14.2 Å². The molecule has 6 rings (SSSR count). The summed E-state index contributed by atoms with van der Waals surface area (Å²) in [7, 11) is -2.62. The molecular weight excluding hydrogens is 794 g/mol. The SMILES string of the molecule is CCC(=O)O.CCCCCCCCCCCCOS(=O)(=O)O.COc1ccc2nc3cc(Cl)ccc3c(Nc3cc(CN4CCCC4)c(O)c(CN4CCCC4)c3)c2n1. The predicted octanol–water partition coefficient (Wildman–Crippen LogP) is 10.3. The summed E-state index contributed by atoms with van der Waals surface area (Å²) in [6.07, 6.45) is 16.9.